The molecule has 2 aromatic carbocycles. The molecular weight excluding hydrogens is 346 g/mol. The lowest BCUT2D eigenvalue weighted by Gasteiger charge is -2.29. The van der Waals surface area contributed by atoms with Gasteiger partial charge in [0.05, 0.1) is 24.2 Å². The topological polar surface area (TPSA) is 68.1 Å². The highest BCUT2D eigenvalue weighted by molar-refractivity contribution is 5.47. The highest BCUT2D eigenvalue weighted by Gasteiger charge is 2.11. The SMILES string of the molecule is CN(CCOc1cccc([N+](=O)[O-])c1)Cc1ccc(N2CCOCC2)cc1. The minimum Gasteiger partial charge on any atom is -0.492 e. The fraction of sp³-hybridized carbons (Fsp3) is 0.400. The Morgan fingerprint density at radius 2 is 1.93 bits per heavy atom. The summed E-state index contributed by atoms with van der Waals surface area (Å²) >= 11 is 0. The fourth-order valence-corrected chi connectivity index (χ4v) is 3.03. The van der Waals surface area contributed by atoms with E-state index in [4.69, 9.17) is 9.47 Å². The molecule has 0 spiro atoms. The first-order valence-corrected chi connectivity index (χ1v) is 9.09. The van der Waals surface area contributed by atoms with E-state index in [1.165, 1.54) is 23.4 Å². The van der Waals surface area contributed by atoms with Crippen molar-refractivity contribution in [2.75, 3.05) is 51.4 Å². The van der Waals surface area contributed by atoms with Gasteiger partial charge in [0.1, 0.15) is 12.4 Å². The number of nitrogens with zero attached hydrogens (tertiary/aromatic N) is 3. The molecule has 0 saturated carbocycles. The summed E-state index contributed by atoms with van der Waals surface area (Å²) in [7, 11) is 2.03. The Labute approximate surface area is 159 Å². The maximum Gasteiger partial charge on any atom is 0.273 e. The van der Waals surface area contributed by atoms with E-state index < -0.39 is 4.92 Å². The predicted molar refractivity (Wildman–Crippen MR) is 104 cm³/mol. The standard InChI is InChI=1S/C20H25N3O4/c1-21(9-14-27-20-4-2-3-19(15-20)23(24)25)16-17-5-7-18(8-6-17)22-10-12-26-13-11-22/h2-8,15H,9-14,16H2,1H3. The Morgan fingerprint density at radius 3 is 2.63 bits per heavy atom. The Morgan fingerprint density at radius 1 is 1.19 bits per heavy atom. The van der Waals surface area contributed by atoms with Crippen LogP contribution in [0.4, 0.5) is 11.4 Å². The van der Waals surface area contributed by atoms with Gasteiger partial charge >= 0.3 is 0 Å². The molecule has 0 radical (unpaired) electrons. The number of rotatable bonds is 8. The molecule has 3 rings (SSSR count). The number of likely N-dealkylation sites (N-methyl/N-ethyl adjacent to an activating group) is 1. The molecule has 0 bridgehead atoms. The van der Waals surface area contributed by atoms with Crippen molar-refractivity contribution in [3.8, 4) is 5.75 Å². The molecule has 1 fully saturated rings. The van der Waals surface area contributed by atoms with Crippen LogP contribution in [0.3, 0.4) is 0 Å². The van der Waals surface area contributed by atoms with Gasteiger partial charge in [-0.25, -0.2) is 0 Å². The van der Waals surface area contributed by atoms with Crippen molar-refractivity contribution < 1.29 is 14.4 Å². The van der Waals surface area contributed by atoms with Gasteiger partial charge in [-0.2, -0.15) is 0 Å². The van der Waals surface area contributed by atoms with Crippen LogP contribution >= 0.6 is 0 Å². The third-order valence-electron chi connectivity index (χ3n) is 4.54. The number of non-ortho nitro benzene ring substituents is 1. The van der Waals surface area contributed by atoms with Crippen molar-refractivity contribution in [2.45, 2.75) is 6.54 Å². The first-order chi connectivity index (χ1) is 13.1. The third-order valence-corrected chi connectivity index (χ3v) is 4.54. The normalized spacial score (nSPS) is 14.4. The minimum absolute atomic E-state index is 0.0428. The smallest absolute Gasteiger partial charge is 0.273 e. The zero-order valence-electron chi connectivity index (χ0n) is 15.5. The number of morpholine rings is 1. The molecule has 0 unspecified atom stereocenters. The van der Waals surface area contributed by atoms with Gasteiger partial charge in [-0.1, -0.05) is 18.2 Å². The van der Waals surface area contributed by atoms with Crippen molar-refractivity contribution in [3.63, 3.8) is 0 Å². The Hall–Kier alpha value is -2.64. The molecule has 0 atom stereocenters. The second-order valence-corrected chi connectivity index (χ2v) is 6.61. The Bertz CT molecular complexity index is 745. The fourth-order valence-electron chi connectivity index (χ4n) is 3.03. The minimum atomic E-state index is -0.417. The number of benzene rings is 2. The number of ether oxygens (including phenoxy) is 2. The average molecular weight is 371 g/mol. The van der Waals surface area contributed by atoms with Crippen molar-refractivity contribution in [2.24, 2.45) is 0 Å². The molecular formula is C20H25N3O4. The van der Waals surface area contributed by atoms with Crippen LogP contribution in [0.15, 0.2) is 48.5 Å². The lowest BCUT2D eigenvalue weighted by Crippen LogP contribution is -2.36. The van der Waals surface area contributed by atoms with Gasteiger partial charge in [0.2, 0.25) is 0 Å². The summed E-state index contributed by atoms with van der Waals surface area (Å²) in [4.78, 5) is 14.9. The average Bonchev–Trinajstić information content (AvgIpc) is 2.69. The molecule has 144 valence electrons. The van der Waals surface area contributed by atoms with E-state index in [9.17, 15) is 10.1 Å². The summed E-state index contributed by atoms with van der Waals surface area (Å²) < 4.78 is 11.0. The monoisotopic (exact) mass is 371 g/mol. The number of nitro benzene ring substituents is 1. The van der Waals surface area contributed by atoms with Crippen molar-refractivity contribution in [1.82, 2.24) is 4.90 Å². The van der Waals surface area contributed by atoms with Gasteiger partial charge < -0.3 is 14.4 Å². The summed E-state index contributed by atoms with van der Waals surface area (Å²) in [5.41, 5.74) is 2.52. The van der Waals surface area contributed by atoms with E-state index in [-0.39, 0.29) is 5.69 Å². The first-order valence-electron chi connectivity index (χ1n) is 9.09. The second-order valence-electron chi connectivity index (χ2n) is 6.61. The van der Waals surface area contributed by atoms with E-state index >= 15 is 0 Å². The molecule has 0 aliphatic carbocycles. The van der Waals surface area contributed by atoms with Gasteiger partial charge in [0.25, 0.3) is 5.69 Å². The van der Waals surface area contributed by atoms with Gasteiger partial charge in [-0.15, -0.1) is 0 Å². The van der Waals surface area contributed by atoms with E-state index in [0.29, 0.717) is 12.4 Å². The van der Waals surface area contributed by atoms with Gasteiger partial charge in [0.15, 0.2) is 0 Å². The molecule has 0 amide bonds. The van der Waals surface area contributed by atoms with Crippen LogP contribution in [0.25, 0.3) is 0 Å². The van der Waals surface area contributed by atoms with Gasteiger partial charge in [-0.3, -0.25) is 15.0 Å². The number of nitro groups is 1. The lowest BCUT2D eigenvalue weighted by molar-refractivity contribution is -0.384. The predicted octanol–water partition coefficient (Wildman–Crippen LogP) is 2.94. The highest BCUT2D eigenvalue weighted by Crippen LogP contribution is 2.19. The zero-order valence-corrected chi connectivity index (χ0v) is 15.5. The first kappa shape index (κ1) is 19.1. The van der Waals surface area contributed by atoms with Gasteiger partial charge in [-0.05, 0) is 30.8 Å². The summed E-state index contributed by atoms with van der Waals surface area (Å²) in [6.07, 6.45) is 0. The third kappa shape index (κ3) is 5.67. The van der Waals surface area contributed by atoms with Crippen LogP contribution in [-0.2, 0) is 11.3 Å². The molecule has 7 nitrogen and oxygen atoms in total. The van der Waals surface area contributed by atoms with Crippen molar-refractivity contribution >= 4 is 11.4 Å². The van der Waals surface area contributed by atoms with Crippen LogP contribution in [0.1, 0.15) is 5.56 Å². The molecule has 0 N–H and O–H groups in total. The molecule has 1 aliphatic heterocycles. The largest absolute Gasteiger partial charge is 0.492 e. The quantitative estimate of drug-likeness (QED) is 0.525. The van der Waals surface area contributed by atoms with Crippen LogP contribution < -0.4 is 9.64 Å². The Balaban J connectivity index is 1.44. The second kappa shape index (κ2) is 9.34. The van der Waals surface area contributed by atoms with Crippen LogP contribution in [-0.4, -0.2) is 56.3 Å². The number of hydrogen-bond donors (Lipinski definition) is 0. The van der Waals surface area contributed by atoms with E-state index in [0.717, 1.165) is 39.4 Å². The van der Waals surface area contributed by atoms with E-state index in [1.54, 1.807) is 12.1 Å². The molecule has 27 heavy (non-hydrogen) atoms. The molecule has 1 saturated heterocycles. The summed E-state index contributed by atoms with van der Waals surface area (Å²) in [5.74, 6) is 0.521. The van der Waals surface area contributed by atoms with Crippen LogP contribution in [0, 0.1) is 10.1 Å². The molecule has 1 aliphatic rings. The zero-order chi connectivity index (χ0) is 19.1. The summed E-state index contributed by atoms with van der Waals surface area (Å²) in [6, 6.07) is 14.9. The van der Waals surface area contributed by atoms with Crippen molar-refractivity contribution in [3.05, 3.63) is 64.2 Å². The number of hydrogen-bond acceptors (Lipinski definition) is 6. The van der Waals surface area contributed by atoms with E-state index in [1.807, 2.05) is 7.05 Å². The van der Waals surface area contributed by atoms with Crippen LogP contribution in [0.5, 0.6) is 5.75 Å². The summed E-state index contributed by atoms with van der Waals surface area (Å²) in [6.45, 7) is 5.48. The Kier molecular flexibility index (Phi) is 6.62. The van der Waals surface area contributed by atoms with Crippen LogP contribution in [0.2, 0.25) is 0 Å². The maximum atomic E-state index is 10.8. The molecule has 2 aromatic rings. The summed E-state index contributed by atoms with van der Waals surface area (Å²) in [5, 5.41) is 10.8. The lowest BCUT2D eigenvalue weighted by atomic mass is 10.2. The highest BCUT2D eigenvalue weighted by atomic mass is 16.6. The maximum absolute atomic E-state index is 10.8. The molecule has 7 heteroatoms. The van der Waals surface area contributed by atoms with Crippen molar-refractivity contribution in [1.29, 1.82) is 0 Å². The van der Waals surface area contributed by atoms with E-state index in [2.05, 4.69) is 34.1 Å². The molecule has 1 heterocycles. The molecule has 0 aromatic heterocycles. The number of anilines is 1. The van der Waals surface area contributed by atoms with Gasteiger partial charge in [0, 0.05) is 37.9 Å².